The van der Waals surface area contributed by atoms with E-state index in [1.54, 1.807) is 9.80 Å². The molecule has 0 radical (unpaired) electrons. The average Bonchev–Trinajstić information content (AvgIpc) is 3.26. The molecule has 2 fully saturated rings. The van der Waals surface area contributed by atoms with E-state index in [1.807, 2.05) is 62.4 Å². The molecule has 34 heavy (non-hydrogen) atoms. The molecule has 4 rings (SSSR count). The number of likely N-dealkylation sites (tertiary alicyclic amines) is 1. The molecule has 2 heterocycles. The van der Waals surface area contributed by atoms with Crippen molar-refractivity contribution in [1.29, 1.82) is 0 Å². The Morgan fingerprint density at radius 3 is 2.35 bits per heavy atom. The number of piperazine rings is 1. The van der Waals surface area contributed by atoms with Gasteiger partial charge in [0.05, 0.1) is 19.1 Å². The number of carbonyl (C=O) groups is 3. The number of nitrogens with one attached hydrogen (secondary N) is 2. The predicted octanol–water partition coefficient (Wildman–Crippen LogP) is 2.87. The second-order valence-corrected chi connectivity index (χ2v) is 9.02. The lowest BCUT2D eigenvalue weighted by Gasteiger charge is -2.35. The van der Waals surface area contributed by atoms with Gasteiger partial charge in [0.1, 0.15) is 6.04 Å². The lowest BCUT2D eigenvalue weighted by molar-refractivity contribution is -0.146. The molecule has 3 amide bonds. The van der Waals surface area contributed by atoms with Crippen LogP contribution in [0.15, 0.2) is 48.5 Å². The van der Waals surface area contributed by atoms with Gasteiger partial charge in [0.2, 0.25) is 5.91 Å². The highest BCUT2D eigenvalue weighted by Gasteiger charge is 2.52. The van der Waals surface area contributed by atoms with Crippen LogP contribution in [0.3, 0.4) is 0 Å². The summed E-state index contributed by atoms with van der Waals surface area (Å²) in [4.78, 5) is 43.5. The van der Waals surface area contributed by atoms with Crippen LogP contribution in [0.4, 0.5) is 10.5 Å². The highest BCUT2D eigenvalue weighted by molar-refractivity contribution is 5.96. The Labute approximate surface area is 200 Å². The maximum atomic E-state index is 13.7. The minimum atomic E-state index is -0.766. The second kappa shape index (κ2) is 10.3. The van der Waals surface area contributed by atoms with Gasteiger partial charge in [-0.25, -0.2) is 4.79 Å². The summed E-state index contributed by atoms with van der Waals surface area (Å²) in [5.74, 6) is -1.20. The number of rotatable bonds is 4. The summed E-state index contributed by atoms with van der Waals surface area (Å²) in [6.45, 7) is 6.49. The van der Waals surface area contributed by atoms with Crippen LogP contribution in [0.25, 0.3) is 0 Å². The lowest BCUT2D eigenvalue weighted by Crippen LogP contribution is -2.54. The Morgan fingerprint density at radius 2 is 1.71 bits per heavy atom. The number of ether oxygens (including phenoxy) is 1. The highest BCUT2D eigenvalue weighted by Crippen LogP contribution is 2.43. The third-order valence-electron chi connectivity index (χ3n) is 6.63. The van der Waals surface area contributed by atoms with E-state index in [1.165, 1.54) is 7.11 Å². The van der Waals surface area contributed by atoms with Gasteiger partial charge in [0, 0.05) is 31.9 Å². The molecule has 0 aliphatic carbocycles. The zero-order valence-electron chi connectivity index (χ0n) is 19.9. The minimum Gasteiger partial charge on any atom is -0.469 e. The topological polar surface area (TPSA) is 91.0 Å². The lowest BCUT2D eigenvalue weighted by atomic mass is 9.92. The summed E-state index contributed by atoms with van der Waals surface area (Å²) >= 11 is 0. The van der Waals surface area contributed by atoms with Crippen molar-refractivity contribution in [2.24, 2.45) is 5.92 Å². The van der Waals surface area contributed by atoms with E-state index in [0.29, 0.717) is 31.9 Å². The fraction of sp³-hybridized carbons (Fsp3) is 0.423. The monoisotopic (exact) mass is 464 g/mol. The van der Waals surface area contributed by atoms with E-state index in [-0.39, 0.29) is 12.3 Å². The molecule has 0 saturated carbocycles. The van der Waals surface area contributed by atoms with E-state index < -0.39 is 30.0 Å². The van der Waals surface area contributed by atoms with E-state index in [2.05, 4.69) is 10.6 Å². The molecule has 0 spiro atoms. The first kappa shape index (κ1) is 23.8. The summed E-state index contributed by atoms with van der Waals surface area (Å²) in [5.41, 5.74) is 3.53. The van der Waals surface area contributed by atoms with Gasteiger partial charge < -0.3 is 25.2 Å². The van der Waals surface area contributed by atoms with Gasteiger partial charge in [0.15, 0.2) is 0 Å². The number of anilines is 1. The molecular formula is C26H32N4O4. The van der Waals surface area contributed by atoms with Crippen molar-refractivity contribution >= 4 is 23.6 Å². The van der Waals surface area contributed by atoms with E-state index in [9.17, 15) is 14.4 Å². The van der Waals surface area contributed by atoms with Crippen LogP contribution < -0.4 is 10.6 Å². The van der Waals surface area contributed by atoms with E-state index in [4.69, 9.17) is 4.74 Å². The highest BCUT2D eigenvalue weighted by atomic mass is 16.5. The van der Waals surface area contributed by atoms with Crippen molar-refractivity contribution in [3.8, 4) is 0 Å². The molecule has 3 unspecified atom stereocenters. The number of hydrogen-bond acceptors (Lipinski definition) is 5. The molecule has 0 bridgehead atoms. The molecule has 2 aliphatic rings. The first-order valence-corrected chi connectivity index (χ1v) is 11.7. The van der Waals surface area contributed by atoms with Gasteiger partial charge in [-0.2, -0.15) is 0 Å². The average molecular weight is 465 g/mol. The van der Waals surface area contributed by atoms with E-state index in [0.717, 1.165) is 16.7 Å². The zero-order chi connectivity index (χ0) is 24.2. The Kier molecular flexibility index (Phi) is 7.17. The molecule has 180 valence electrons. The molecule has 8 nitrogen and oxygen atoms in total. The molecular weight excluding hydrogens is 432 g/mol. The molecule has 0 aromatic heterocycles. The van der Waals surface area contributed by atoms with Crippen LogP contribution in [0.5, 0.6) is 0 Å². The standard InChI is InChI=1S/C26H32N4O4/c1-17-7-9-20(10-8-17)28-26(33)30-22(24(31)29-13-11-27-12-14-29)16-21(25(32)34-3)23(30)19-6-4-5-18(2)15-19/h4-10,15,21-23,27H,11-14,16H2,1-3H3,(H,28,33). The van der Waals surface area contributed by atoms with Gasteiger partial charge in [0.25, 0.3) is 0 Å². The number of carbonyl (C=O) groups excluding carboxylic acids is 3. The van der Waals surface area contributed by atoms with Crippen molar-refractivity contribution in [3.63, 3.8) is 0 Å². The van der Waals surface area contributed by atoms with Gasteiger partial charge in [-0.05, 0) is 38.0 Å². The Morgan fingerprint density at radius 1 is 1.00 bits per heavy atom. The van der Waals surface area contributed by atoms with E-state index >= 15 is 0 Å². The number of methoxy groups -OCH3 is 1. The van der Waals surface area contributed by atoms with Gasteiger partial charge >= 0.3 is 12.0 Å². The minimum absolute atomic E-state index is 0.135. The third kappa shape index (κ3) is 4.92. The summed E-state index contributed by atoms with van der Waals surface area (Å²) in [6, 6.07) is 13.4. The number of esters is 1. The van der Waals surface area contributed by atoms with Crippen LogP contribution in [0.1, 0.15) is 29.2 Å². The van der Waals surface area contributed by atoms with Crippen molar-refractivity contribution in [3.05, 3.63) is 65.2 Å². The SMILES string of the molecule is COC(=O)C1CC(C(=O)N2CCNCC2)N(C(=O)Nc2ccc(C)cc2)C1c1cccc(C)c1. The number of urea groups is 1. The maximum Gasteiger partial charge on any atom is 0.323 e. The molecule has 2 aromatic carbocycles. The second-order valence-electron chi connectivity index (χ2n) is 9.02. The molecule has 2 aromatic rings. The van der Waals surface area contributed by atoms with Crippen molar-refractivity contribution in [2.75, 3.05) is 38.6 Å². The van der Waals surface area contributed by atoms with Crippen molar-refractivity contribution in [1.82, 2.24) is 15.1 Å². The first-order chi connectivity index (χ1) is 16.4. The van der Waals surface area contributed by atoms with Crippen LogP contribution >= 0.6 is 0 Å². The first-order valence-electron chi connectivity index (χ1n) is 11.7. The van der Waals surface area contributed by atoms with Gasteiger partial charge in [-0.1, -0.05) is 47.5 Å². The number of aryl methyl sites for hydroxylation is 2. The fourth-order valence-electron chi connectivity index (χ4n) is 4.90. The summed E-state index contributed by atoms with van der Waals surface area (Å²) in [6.07, 6.45) is 0.218. The molecule has 8 heteroatoms. The van der Waals surface area contributed by atoms with Crippen LogP contribution in [-0.2, 0) is 14.3 Å². The van der Waals surface area contributed by atoms with Gasteiger partial charge in [-0.3, -0.25) is 9.59 Å². The van der Waals surface area contributed by atoms with Crippen LogP contribution in [-0.4, -0.2) is 67.0 Å². The fourth-order valence-corrected chi connectivity index (χ4v) is 4.90. The Balaban J connectivity index is 1.73. The van der Waals surface area contributed by atoms with Crippen molar-refractivity contribution < 1.29 is 19.1 Å². The molecule has 2 aliphatic heterocycles. The quantitative estimate of drug-likeness (QED) is 0.679. The maximum absolute atomic E-state index is 13.7. The normalized spacial score (nSPS) is 22.4. The van der Waals surface area contributed by atoms with Crippen LogP contribution in [0, 0.1) is 19.8 Å². The van der Waals surface area contributed by atoms with Crippen LogP contribution in [0.2, 0.25) is 0 Å². The number of benzene rings is 2. The molecule has 2 saturated heterocycles. The summed E-state index contributed by atoms with van der Waals surface area (Å²) < 4.78 is 5.12. The Bertz CT molecular complexity index is 1050. The molecule has 2 N–H and O–H groups in total. The number of nitrogens with zero attached hydrogens (tertiary/aromatic N) is 2. The largest absolute Gasteiger partial charge is 0.469 e. The summed E-state index contributed by atoms with van der Waals surface area (Å²) in [5, 5.41) is 6.19. The predicted molar refractivity (Wildman–Crippen MR) is 129 cm³/mol. The zero-order valence-corrected chi connectivity index (χ0v) is 19.9. The molecule has 3 atom stereocenters. The summed E-state index contributed by atoms with van der Waals surface area (Å²) in [7, 11) is 1.35. The number of amides is 3. The number of hydrogen-bond donors (Lipinski definition) is 2. The smallest absolute Gasteiger partial charge is 0.323 e. The van der Waals surface area contributed by atoms with Gasteiger partial charge in [-0.15, -0.1) is 0 Å². The Hall–Kier alpha value is -3.39. The third-order valence-corrected chi connectivity index (χ3v) is 6.63. The van der Waals surface area contributed by atoms with Crippen molar-refractivity contribution in [2.45, 2.75) is 32.4 Å².